The summed E-state index contributed by atoms with van der Waals surface area (Å²) in [7, 11) is 1.61. The van der Waals surface area contributed by atoms with E-state index in [1.54, 1.807) is 24.5 Å². The van der Waals surface area contributed by atoms with Gasteiger partial charge in [-0.15, -0.1) is 11.3 Å². The van der Waals surface area contributed by atoms with Crippen molar-refractivity contribution < 1.29 is 4.74 Å². The second-order valence-electron chi connectivity index (χ2n) is 3.78. The monoisotopic (exact) mass is 264 g/mol. The standard InChI is InChI=1S/C12H16N4OS/c1-17-8-12-15-10(13)7-11(16-12)14-5-4-9-3-2-6-18-9/h2-3,6-7H,4-5,8H2,1H3,(H3,13,14,15,16). The molecule has 2 rings (SSSR count). The minimum absolute atomic E-state index is 0.366. The van der Waals surface area contributed by atoms with E-state index in [2.05, 4.69) is 32.8 Å². The highest BCUT2D eigenvalue weighted by atomic mass is 32.1. The maximum absolute atomic E-state index is 5.71. The molecule has 0 atom stereocenters. The smallest absolute Gasteiger partial charge is 0.158 e. The van der Waals surface area contributed by atoms with Crippen LogP contribution in [0.4, 0.5) is 11.6 Å². The van der Waals surface area contributed by atoms with Gasteiger partial charge in [-0.25, -0.2) is 9.97 Å². The van der Waals surface area contributed by atoms with Crippen LogP contribution < -0.4 is 11.1 Å². The first kappa shape index (κ1) is 12.8. The summed E-state index contributed by atoms with van der Waals surface area (Å²) in [4.78, 5) is 9.75. The minimum Gasteiger partial charge on any atom is -0.384 e. The lowest BCUT2D eigenvalue weighted by atomic mass is 10.3. The van der Waals surface area contributed by atoms with Crippen molar-refractivity contribution in [2.75, 3.05) is 24.7 Å². The zero-order valence-electron chi connectivity index (χ0n) is 10.2. The molecule has 5 nitrogen and oxygen atoms in total. The molecule has 2 aromatic rings. The van der Waals surface area contributed by atoms with Crippen LogP contribution in [0.5, 0.6) is 0 Å². The van der Waals surface area contributed by atoms with Gasteiger partial charge >= 0.3 is 0 Å². The van der Waals surface area contributed by atoms with E-state index in [4.69, 9.17) is 10.5 Å². The Bertz CT molecular complexity index is 487. The summed E-state index contributed by atoms with van der Waals surface area (Å²) < 4.78 is 4.99. The summed E-state index contributed by atoms with van der Waals surface area (Å²) in [5, 5.41) is 5.32. The third kappa shape index (κ3) is 3.68. The minimum atomic E-state index is 0.366. The molecule has 0 unspecified atom stereocenters. The van der Waals surface area contributed by atoms with Gasteiger partial charge in [-0.3, -0.25) is 0 Å². The highest BCUT2D eigenvalue weighted by Crippen LogP contribution is 2.11. The number of nitrogens with one attached hydrogen (secondary N) is 1. The van der Waals surface area contributed by atoms with Crippen molar-refractivity contribution in [2.45, 2.75) is 13.0 Å². The van der Waals surface area contributed by atoms with E-state index in [1.807, 2.05) is 0 Å². The number of hydrogen-bond donors (Lipinski definition) is 2. The molecule has 0 saturated heterocycles. The molecule has 0 spiro atoms. The lowest BCUT2D eigenvalue weighted by molar-refractivity contribution is 0.178. The number of hydrogen-bond acceptors (Lipinski definition) is 6. The van der Waals surface area contributed by atoms with Crippen LogP contribution >= 0.6 is 11.3 Å². The summed E-state index contributed by atoms with van der Waals surface area (Å²) >= 11 is 1.76. The van der Waals surface area contributed by atoms with Crippen LogP contribution in [0.1, 0.15) is 10.7 Å². The number of rotatable bonds is 6. The second kappa shape index (κ2) is 6.32. The molecule has 2 aromatic heterocycles. The summed E-state index contributed by atoms with van der Waals surface area (Å²) in [5.41, 5.74) is 5.71. The van der Waals surface area contributed by atoms with Gasteiger partial charge in [0.05, 0.1) is 0 Å². The molecule has 0 saturated carbocycles. The van der Waals surface area contributed by atoms with Gasteiger partial charge in [0.1, 0.15) is 18.2 Å². The predicted molar refractivity (Wildman–Crippen MR) is 73.7 cm³/mol. The van der Waals surface area contributed by atoms with E-state index < -0.39 is 0 Å². The molecule has 0 bridgehead atoms. The number of nitrogens with two attached hydrogens (primary N) is 1. The van der Waals surface area contributed by atoms with Crippen molar-refractivity contribution >= 4 is 23.0 Å². The van der Waals surface area contributed by atoms with Gasteiger partial charge in [0.25, 0.3) is 0 Å². The predicted octanol–water partition coefficient (Wildman–Crippen LogP) is 1.92. The van der Waals surface area contributed by atoms with Crippen LogP contribution in [0.25, 0.3) is 0 Å². The zero-order chi connectivity index (χ0) is 12.8. The van der Waals surface area contributed by atoms with Crippen molar-refractivity contribution in [3.63, 3.8) is 0 Å². The molecule has 0 radical (unpaired) electrons. The quantitative estimate of drug-likeness (QED) is 0.834. The maximum atomic E-state index is 5.71. The van der Waals surface area contributed by atoms with E-state index in [1.165, 1.54) is 4.88 Å². The fourth-order valence-electron chi connectivity index (χ4n) is 1.57. The van der Waals surface area contributed by atoms with Gasteiger partial charge in [0.15, 0.2) is 5.82 Å². The maximum Gasteiger partial charge on any atom is 0.158 e. The Morgan fingerprint density at radius 2 is 2.33 bits per heavy atom. The first-order chi connectivity index (χ1) is 8.78. The number of aromatic nitrogens is 2. The third-order valence-corrected chi connectivity index (χ3v) is 3.26. The normalized spacial score (nSPS) is 10.5. The number of nitrogens with zero attached hydrogens (tertiary/aromatic N) is 2. The van der Waals surface area contributed by atoms with E-state index in [9.17, 15) is 0 Å². The molecule has 3 N–H and O–H groups in total. The highest BCUT2D eigenvalue weighted by Gasteiger charge is 2.02. The molecule has 0 aromatic carbocycles. The number of anilines is 2. The number of methoxy groups -OCH3 is 1. The summed E-state index contributed by atoms with van der Waals surface area (Å²) in [6, 6.07) is 5.91. The molecule has 0 aliphatic rings. The lowest BCUT2D eigenvalue weighted by Crippen LogP contribution is -2.09. The SMILES string of the molecule is COCc1nc(N)cc(NCCc2cccs2)n1. The van der Waals surface area contributed by atoms with E-state index in [-0.39, 0.29) is 0 Å². The molecule has 0 fully saturated rings. The molecular formula is C12H16N4OS. The van der Waals surface area contributed by atoms with Gasteiger partial charge < -0.3 is 15.8 Å². The first-order valence-corrected chi connectivity index (χ1v) is 6.54. The zero-order valence-corrected chi connectivity index (χ0v) is 11.0. The molecule has 0 aliphatic heterocycles. The van der Waals surface area contributed by atoms with Gasteiger partial charge in [0.2, 0.25) is 0 Å². The Kier molecular flexibility index (Phi) is 4.49. The average molecular weight is 264 g/mol. The van der Waals surface area contributed by atoms with Crippen LogP contribution in [-0.4, -0.2) is 23.6 Å². The summed E-state index contributed by atoms with van der Waals surface area (Å²) in [6.45, 7) is 1.19. The van der Waals surface area contributed by atoms with Crippen LogP contribution in [0, 0.1) is 0 Å². The van der Waals surface area contributed by atoms with E-state index in [0.29, 0.717) is 18.2 Å². The summed E-state index contributed by atoms with van der Waals surface area (Å²) in [6.07, 6.45) is 0.973. The Hall–Kier alpha value is -1.66. The van der Waals surface area contributed by atoms with Crippen molar-refractivity contribution in [3.8, 4) is 0 Å². The van der Waals surface area contributed by atoms with Crippen molar-refractivity contribution in [1.82, 2.24) is 9.97 Å². The van der Waals surface area contributed by atoms with Crippen LogP contribution in [0.2, 0.25) is 0 Å². The average Bonchev–Trinajstić information content (AvgIpc) is 2.82. The van der Waals surface area contributed by atoms with Crippen molar-refractivity contribution in [3.05, 3.63) is 34.3 Å². The van der Waals surface area contributed by atoms with E-state index >= 15 is 0 Å². The number of nitrogen functional groups attached to an aromatic ring is 1. The van der Waals surface area contributed by atoms with Crippen molar-refractivity contribution in [2.24, 2.45) is 0 Å². The topological polar surface area (TPSA) is 73.1 Å². The fourth-order valence-corrected chi connectivity index (χ4v) is 2.28. The van der Waals surface area contributed by atoms with E-state index in [0.717, 1.165) is 18.8 Å². The van der Waals surface area contributed by atoms with Gasteiger partial charge in [0, 0.05) is 24.6 Å². The second-order valence-corrected chi connectivity index (χ2v) is 4.82. The van der Waals surface area contributed by atoms with Gasteiger partial charge in [-0.2, -0.15) is 0 Å². The van der Waals surface area contributed by atoms with Crippen LogP contribution in [0.3, 0.4) is 0 Å². The van der Waals surface area contributed by atoms with Crippen molar-refractivity contribution in [1.29, 1.82) is 0 Å². The Morgan fingerprint density at radius 1 is 1.44 bits per heavy atom. The molecule has 6 heteroatoms. The Labute approximate surface area is 110 Å². The Balaban J connectivity index is 1.92. The molecule has 0 amide bonds. The third-order valence-electron chi connectivity index (χ3n) is 2.32. The lowest BCUT2D eigenvalue weighted by Gasteiger charge is -2.07. The molecule has 18 heavy (non-hydrogen) atoms. The van der Waals surface area contributed by atoms with Gasteiger partial charge in [-0.1, -0.05) is 6.07 Å². The highest BCUT2D eigenvalue weighted by molar-refractivity contribution is 7.09. The van der Waals surface area contributed by atoms with Gasteiger partial charge in [-0.05, 0) is 17.9 Å². The molecule has 0 aliphatic carbocycles. The molecule has 96 valence electrons. The largest absolute Gasteiger partial charge is 0.384 e. The van der Waals surface area contributed by atoms with Crippen LogP contribution in [-0.2, 0) is 17.8 Å². The molecular weight excluding hydrogens is 248 g/mol. The summed E-state index contributed by atoms with van der Waals surface area (Å²) in [5.74, 6) is 1.79. The fraction of sp³-hybridized carbons (Fsp3) is 0.333. The number of ether oxygens (including phenoxy) is 1. The first-order valence-electron chi connectivity index (χ1n) is 5.66. The molecule has 2 heterocycles. The van der Waals surface area contributed by atoms with Crippen LogP contribution in [0.15, 0.2) is 23.6 Å². The Morgan fingerprint density at radius 3 is 3.06 bits per heavy atom. The number of thiophene rings is 1.